The molecular formula is C24H37N3O4. The third kappa shape index (κ3) is 6.19. The summed E-state index contributed by atoms with van der Waals surface area (Å²) in [6, 6.07) is 0.0300. The minimum absolute atomic E-state index is 0.0369. The standard InChI is InChI=1S/C24H37N3O4/c1-17(2)26(3)24(30)21-16-27(14-19-12-9-13-31-19)15-20(22(21)28)23(29)25-18-10-7-5-4-6-8-11-18/h15-19H,4-14H2,1-3H3,(H,25,29). The first-order valence-corrected chi connectivity index (χ1v) is 11.8. The number of carbonyl (C=O) groups excluding carboxylic acids is 2. The summed E-state index contributed by atoms with van der Waals surface area (Å²) in [4.78, 5) is 40.8. The molecular weight excluding hydrogens is 394 g/mol. The van der Waals surface area contributed by atoms with Gasteiger partial charge in [-0.1, -0.05) is 32.1 Å². The van der Waals surface area contributed by atoms with E-state index in [1.807, 2.05) is 13.8 Å². The molecule has 1 aliphatic carbocycles. The van der Waals surface area contributed by atoms with E-state index in [-0.39, 0.29) is 41.1 Å². The minimum Gasteiger partial charge on any atom is -0.376 e. The summed E-state index contributed by atoms with van der Waals surface area (Å²) in [7, 11) is 1.68. The number of aromatic nitrogens is 1. The van der Waals surface area contributed by atoms with Crippen molar-refractivity contribution in [3.8, 4) is 0 Å². The SMILES string of the molecule is CC(C)N(C)C(=O)c1cn(CC2CCCO2)cc(C(=O)NC2CCCCCCC2)c1=O. The van der Waals surface area contributed by atoms with Crippen LogP contribution in [0, 0.1) is 0 Å². The molecule has 172 valence electrons. The number of hydrogen-bond donors (Lipinski definition) is 1. The van der Waals surface area contributed by atoms with Crippen LogP contribution in [0.15, 0.2) is 17.2 Å². The highest BCUT2D eigenvalue weighted by Gasteiger charge is 2.25. The quantitative estimate of drug-likeness (QED) is 0.749. The Morgan fingerprint density at radius 2 is 1.71 bits per heavy atom. The molecule has 1 saturated carbocycles. The number of rotatable bonds is 6. The van der Waals surface area contributed by atoms with Gasteiger partial charge in [-0.05, 0) is 39.5 Å². The third-order valence-electron chi connectivity index (χ3n) is 6.53. The van der Waals surface area contributed by atoms with Crippen molar-refractivity contribution < 1.29 is 14.3 Å². The minimum atomic E-state index is -0.496. The lowest BCUT2D eigenvalue weighted by Crippen LogP contribution is -2.41. The van der Waals surface area contributed by atoms with Crippen LogP contribution in [0.1, 0.15) is 92.4 Å². The van der Waals surface area contributed by atoms with E-state index >= 15 is 0 Å². The topological polar surface area (TPSA) is 80.6 Å². The molecule has 0 spiro atoms. The molecule has 7 heteroatoms. The first-order valence-electron chi connectivity index (χ1n) is 11.8. The maximum Gasteiger partial charge on any atom is 0.259 e. The molecule has 7 nitrogen and oxygen atoms in total. The van der Waals surface area contributed by atoms with Crippen LogP contribution >= 0.6 is 0 Å². The summed E-state index contributed by atoms with van der Waals surface area (Å²) >= 11 is 0. The maximum atomic E-state index is 13.2. The summed E-state index contributed by atoms with van der Waals surface area (Å²) in [6.45, 7) is 5.04. The van der Waals surface area contributed by atoms with Crippen molar-refractivity contribution in [2.75, 3.05) is 13.7 Å². The van der Waals surface area contributed by atoms with Crippen LogP contribution in [0.25, 0.3) is 0 Å². The monoisotopic (exact) mass is 431 g/mol. The number of carbonyl (C=O) groups is 2. The summed E-state index contributed by atoms with van der Waals surface area (Å²) in [6.07, 6.45) is 12.8. The van der Waals surface area contributed by atoms with Crippen LogP contribution in [-0.4, -0.2) is 53.1 Å². The Morgan fingerprint density at radius 3 is 2.32 bits per heavy atom. The van der Waals surface area contributed by atoms with Crippen molar-refractivity contribution >= 4 is 11.8 Å². The predicted molar refractivity (Wildman–Crippen MR) is 120 cm³/mol. The van der Waals surface area contributed by atoms with Crippen molar-refractivity contribution in [1.82, 2.24) is 14.8 Å². The second kappa shape index (κ2) is 10.9. The highest BCUT2D eigenvalue weighted by Crippen LogP contribution is 2.18. The Morgan fingerprint density at radius 1 is 1.06 bits per heavy atom. The molecule has 2 fully saturated rings. The maximum absolute atomic E-state index is 13.2. The van der Waals surface area contributed by atoms with E-state index < -0.39 is 5.43 Å². The van der Waals surface area contributed by atoms with E-state index in [1.165, 1.54) is 24.2 Å². The van der Waals surface area contributed by atoms with Gasteiger partial charge in [0.2, 0.25) is 5.43 Å². The lowest BCUT2D eigenvalue weighted by Gasteiger charge is -2.23. The second-order valence-corrected chi connectivity index (χ2v) is 9.27. The Hall–Kier alpha value is -2.15. The molecule has 31 heavy (non-hydrogen) atoms. The van der Waals surface area contributed by atoms with Gasteiger partial charge in [-0.3, -0.25) is 14.4 Å². The largest absolute Gasteiger partial charge is 0.376 e. The number of amides is 2. The van der Waals surface area contributed by atoms with Gasteiger partial charge in [-0.15, -0.1) is 0 Å². The van der Waals surface area contributed by atoms with Gasteiger partial charge in [-0.25, -0.2) is 0 Å². The number of nitrogens with zero attached hydrogens (tertiary/aromatic N) is 2. The summed E-state index contributed by atoms with van der Waals surface area (Å²) in [5.41, 5.74) is -0.410. The van der Waals surface area contributed by atoms with Gasteiger partial charge >= 0.3 is 0 Å². The predicted octanol–water partition coefficient (Wildman–Crippen LogP) is 3.35. The van der Waals surface area contributed by atoms with Crippen molar-refractivity contribution in [3.05, 3.63) is 33.7 Å². The number of nitrogens with one attached hydrogen (secondary N) is 1. The summed E-state index contributed by atoms with van der Waals surface area (Å²) < 4.78 is 7.51. The Bertz CT molecular complexity index is 819. The lowest BCUT2D eigenvalue weighted by molar-refractivity contribution is 0.0750. The second-order valence-electron chi connectivity index (χ2n) is 9.27. The smallest absolute Gasteiger partial charge is 0.259 e. The van der Waals surface area contributed by atoms with E-state index in [2.05, 4.69) is 5.32 Å². The molecule has 1 N–H and O–H groups in total. The molecule has 1 aromatic heterocycles. The summed E-state index contributed by atoms with van der Waals surface area (Å²) in [5.74, 6) is -0.736. The fourth-order valence-corrected chi connectivity index (χ4v) is 4.36. The van der Waals surface area contributed by atoms with E-state index in [9.17, 15) is 14.4 Å². The van der Waals surface area contributed by atoms with Gasteiger partial charge < -0.3 is 19.5 Å². The third-order valence-corrected chi connectivity index (χ3v) is 6.53. The molecule has 2 aliphatic rings. The fraction of sp³-hybridized carbons (Fsp3) is 0.708. The molecule has 1 saturated heterocycles. The molecule has 0 bridgehead atoms. The molecule has 0 aromatic carbocycles. The molecule has 1 aliphatic heterocycles. The van der Waals surface area contributed by atoms with E-state index in [4.69, 9.17) is 4.74 Å². The van der Waals surface area contributed by atoms with Crippen molar-refractivity contribution in [2.45, 2.75) is 96.4 Å². The van der Waals surface area contributed by atoms with E-state index in [0.717, 1.165) is 45.1 Å². The molecule has 3 rings (SSSR count). The molecule has 0 radical (unpaired) electrons. The van der Waals surface area contributed by atoms with Crippen LogP contribution in [0.5, 0.6) is 0 Å². The van der Waals surface area contributed by atoms with Gasteiger partial charge in [0.15, 0.2) is 0 Å². The zero-order valence-electron chi connectivity index (χ0n) is 19.2. The molecule has 2 heterocycles. The molecule has 2 amide bonds. The van der Waals surface area contributed by atoms with Gasteiger partial charge in [-0.2, -0.15) is 0 Å². The highest BCUT2D eigenvalue weighted by atomic mass is 16.5. The highest BCUT2D eigenvalue weighted by molar-refractivity contribution is 5.99. The first-order chi connectivity index (χ1) is 14.9. The zero-order chi connectivity index (χ0) is 22.4. The average Bonchev–Trinajstić information content (AvgIpc) is 3.22. The number of ether oxygens (including phenoxy) is 1. The van der Waals surface area contributed by atoms with Crippen LogP contribution in [-0.2, 0) is 11.3 Å². The Kier molecular flexibility index (Phi) is 8.29. The normalized spacial score (nSPS) is 20.3. The Labute approximate surface area is 185 Å². The van der Waals surface area contributed by atoms with E-state index in [1.54, 1.807) is 24.0 Å². The fourth-order valence-electron chi connectivity index (χ4n) is 4.36. The van der Waals surface area contributed by atoms with Crippen molar-refractivity contribution in [2.24, 2.45) is 0 Å². The van der Waals surface area contributed by atoms with Crippen molar-refractivity contribution in [3.63, 3.8) is 0 Å². The van der Waals surface area contributed by atoms with Gasteiger partial charge in [0.05, 0.1) is 6.10 Å². The van der Waals surface area contributed by atoms with Gasteiger partial charge in [0.1, 0.15) is 11.1 Å². The van der Waals surface area contributed by atoms with Gasteiger partial charge in [0, 0.05) is 44.7 Å². The van der Waals surface area contributed by atoms with Crippen LogP contribution in [0.3, 0.4) is 0 Å². The molecule has 1 atom stereocenters. The Balaban J connectivity index is 1.88. The number of pyridine rings is 1. The van der Waals surface area contributed by atoms with Crippen LogP contribution in [0.4, 0.5) is 0 Å². The number of hydrogen-bond acceptors (Lipinski definition) is 4. The molecule has 1 aromatic rings. The van der Waals surface area contributed by atoms with Crippen LogP contribution < -0.4 is 10.7 Å². The van der Waals surface area contributed by atoms with E-state index in [0.29, 0.717) is 6.54 Å². The summed E-state index contributed by atoms with van der Waals surface area (Å²) in [5, 5.41) is 3.07. The van der Waals surface area contributed by atoms with Gasteiger partial charge in [0.25, 0.3) is 11.8 Å². The zero-order valence-corrected chi connectivity index (χ0v) is 19.2. The van der Waals surface area contributed by atoms with Crippen LogP contribution in [0.2, 0.25) is 0 Å². The average molecular weight is 432 g/mol. The first kappa shape index (κ1) is 23.5. The van der Waals surface area contributed by atoms with Crippen molar-refractivity contribution in [1.29, 1.82) is 0 Å². The lowest BCUT2D eigenvalue weighted by atomic mass is 9.96. The molecule has 1 unspecified atom stereocenters.